The van der Waals surface area contributed by atoms with Crippen LogP contribution >= 0.6 is 0 Å². The summed E-state index contributed by atoms with van der Waals surface area (Å²) < 4.78 is 5.22. The summed E-state index contributed by atoms with van der Waals surface area (Å²) >= 11 is 0. The highest BCUT2D eigenvalue weighted by Gasteiger charge is 2.19. The molecule has 14 heavy (non-hydrogen) atoms. The first-order valence-corrected chi connectivity index (χ1v) is 5.59. The van der Waals surface area contributed by atoms with Crippen LogP contribution in [-0.4, -0.2) is 19.0 Å². The molecule has 84 valence electrons. The molecule has 0 saturated heterocycles. The summed E-state index contributed by atoms with van der Waals surface area (Å²) in [5, 5.41) is 0. The summed E-state index contributed by atoms with van der Waals surface area (Å²) in [4.78, 5) is 11.5. The maximum Gasteiger partial charge on any atom is 0.138 e. The van der Waals surface area contributed by atoms with E-state index in [2.05, 4.69) is 0 Å². The van der Waals surface area contributed by atoms with E-state index in [0.717, 1.165) is 38.9 Å². The number of Topliss-reactive ketones (excluding diaryl/α,β-unsaturated/α-hetero) is 1. The molecule has 0 amide bonds. The minimum Gasteiger partial charge on any atom is -0.382 e. The van der Waals surface area contributed by atoms with Crippen molar-refractivity contribution in [2.75, 3.05) is 13.2 Å². The highest BCUT2D eigenvalue weighted by atomic mass is 16.5. The van der Waals surface area contributed by atoms with Crippen molar-refractivity contribution in [1.82, 2.24) is 0 Å². The smallest absolute Gasteiger partial charge is 0.138 e. The monoisotopic (exact) mass is 200 g/mol. The number of hydrogen-bond acceptors (Lipinski definition) is 2. The zero-order valence-corrected chi connectivity index (χ0v) is 10.1. The van der Waals surface area contributed by atoms with Crippen molar-refractivity contribution >= 4 is 5.78 Å². The van der Waals surface area contributed by atoms with Crippen molar-refractivity contribution in [1.29, 1.82) is 0 Å². The van der Waals surface area contributed by atoms with E-state index in [9.17, 15) is 4.79 Å². The van der Waals surface area contributed by atoms with Crippen molar-refractivity contribution in [2.45, 2.75) is 53.4 Å². The molecular weight excluding hydrogens is 176 g/mol. The molecule has 0 unspecified atom stereocenters. The average Bonchev–Trinajstić information content (AvgIpc) is 2.09. The van der Waals surface area contributed by atoms with Crippen LogP contribution < -0.4 is 0 Å². The fraction of sp³-hybridized carbons (Fsp3) is 0.917. The van der Waals surface area contributed by atoms with E-state index in [1.54, 1.807) is 0 Å². The Labute approximate surface area is 88.0 Å². The lowest BCUT2D eigenvalue weighted by Gasteiger charge is -2.16. The molecule has 0 N–H and O–H groups in total. The largest absolute Gasteiger partial charge is 0.382 e. The maximum absolute atomic E-state index is 11.5. The highest BCUT2D eigenvalue weighted by molar-refractivity contribution is 5.83. The molecule has 0 aromatic rings. The zero-order chi connectivity index (χ0) is 11.0. The summed E-state index contributed by atoms with van der Waals surface area (Å²) in [6.07, 6.45) is 3.89. The third kappa shape index (κ3) is 7.07. The highest BCUT2D eigenvalue weighted by Crippen LogP contribution is 2.18. The predicted molar refractivity (Wildman–Crippen MR) is 59.4 cm³/mol. The second-order valence-corrected chi connectivity index (χ2v) is 4.68. The molecule has 0 aromatic heterocycles. The first-order valence-electron chi connectivity index (χ1n) is 5.59. The lowest BCUT2D eigenvalue weighted by Crippen LogP contribution is -2.19. The Hall–Kier alpha value is -0.370. The van der Waals surface area contributed by atoms with Gasteiger partial charge in [-0.2, -0.15) is 0 Å². The zero-order valence-electron chi connectivity index (χ0n) is 10.1. The summed E-state index contributed by atoms with van der Waals surface area (Å²) in [7, 11) is 0. The van der Waals surface area contributed by atoms with Crippen LogP contribution in [0.5, 0.6) is 0 Å². The number of ether oxygens (including phenoxy) is 1. The number of carbonyl (C=O) groups excluding carboxylic acids is 1. The SMILES string of the molecule is CCOCCCCCC(=O)C(C)(C)C. The van der Waals surface area contributed by atoms with E-state index >= 15 is 0 Å². The van der Waals surface area contributed by atoms with Gasteiger partial charge in [0, 0.05) is 25.0 Å². The molecule has 0 aliphatic heterocycles. The van der Waals surface area contributed by atoms with Gasteiger partial charge in [0.15, 0.2) is 0 Å². The minimum absolute atomic E-state index is 0.167. The molecule has 2 heteroatoms. The molecule has 0 aliphatic rings. The first-order chi connectivity index (χ1) is 6.48. The average molecular weight is 200 g/mol. The minimum atomic E-state index is -0.167. The molecular formula is C12H24O2. The second-order valence-electron chi connectivity index (χ2n) is 4.68. The van der Waals surface area contributed by atoms with Gasteiger partial charge in [-0.1, -0.05) is 27.2 Å². The Bertz CT molecular complexity index is 156. The van der Waals surface area contributed by atoms with E-state index in [-0.39, 0.29) is 5.41 Å². The molecule has 0 spiro atoms. The molecule has 2 nitrogen and oxygen atoms in total. The lowest BCUT2D eigenvalue weighted by atomic mass is 9.88. The standard InChI is InChI=1S/C12H24O2/c1-5-14-10-8-6-7-9-11(13)12(2,3)4/h5-10H2,1-4H3. The van der Waals surface area contributed by atoms with E-state index < -0.39 is 0 Å². The van der Waals surface area contributed by atoms with Crippen molar-refractivity contribution in [3.05, 3.63) is 0 Å². The molecule has 0 heterocycles. The van der Waals surface area contributed by atoms with Crippen LogP contribution in [0.4, 0.5) is 0 Å². The molecule has 0 bridgehead atoms. The van der Waals surface area contributed by atoms with Gasteiger partial charge in [-0.25, -0.2) is 0 Å². The number of hydrogen-bond donors (Lipinski definition) is 0. The van der Waals surface area contributed by atoms with Gasteiger partial charge < -0.3 is 4.74 Å². The van der Waals surface area contributed by atoms with Crippen LogP contribution in [0.1, 0.15) is 53.4 Å². The Morgan fingerprint density at radius 1 is 1.14 bits per heavy atom. The van der Waals surface area contributed by atoms with Gasteiger partial charge in [-0.05, 0) is 19.8 Å². The van der Waals surface area contributed by atoms with Crippen LogP contribution in [0.15, 0.2) is 0 Å². The third-order valence-electron chi connectivity index (χ3n) is 2.23. The quantitative estimate of drug-likeness (QED) is 0.590. The predicted octanol–water partition coefficient (Wildman–Crippen LogP) is 3.20. The molecule has 0 aliphatic carbocycles. The van der Waals surface area contributed by atoms with Crippen LogP contribution in [0.3, 0.4) is 0 Å². The Kier molecular flexibility index (Phi) is 6.81. The Morgan fingerprint density at radius 3 is 2.29 bits per heavy atom. The van der Waals surface area contributed by atoms with E-state index in [0.29, 0.717) is 5.78 Å². The van der Waals surface area contributed by atoms with Crippen LogP contribution in [0, 0.1) is 5.41 Å². The van der Waals surface area contributed by atoms with Crippen molar-refractivity contribution in [3.8, 4) is 0 Å². The van der Waals surface area contributed by atoms with Gasteiger partial charge in [0.2, 0.25) is 0 Å². The number of rotatable bonds is 7. The molecule has 0 fully saturated rings. The topological polar surface area (TPSA) is 26.3 Å². The van der Waals surface area contributed by atoms with Gasteiger partial charge in [0.1, 0.15) is 5.78 Å². The fourth-order valence-electron chi connectivity index (χ4n) is 1.19. The van der Waals surface area contributed by atoms with Gasteiger partial charge in [-0.3, -0.25) is 4.79 Å². The summed E-state index contributed by atoms with van der Waals surface area (Å²) in [5.74, 6) is 0.369. The van der Waals surface area contributed by atoms with Gasteiger partial charge in [0.05, 0.1) is 0 Å². The molecule has 0 radical (unpaired) electrons. The number of unbranched alkanes of at least 4 members (excludes halogenated alkanes) is 2. The van der Waals surface area contributed by atoms with Gasteiger partial charge in [-0.15, -0.1) is 0 Å². The maximum atomic E-state index is 11.5. The molecule has 0 aromatic carbocycles. The second kappa shape index (κ2) is 6.99. The van der Waals surface area contributed by atoms with E-state index in [1.807, 2.05) is 27.7 Å². The summed E-state index contributed by atoms with van der Waals surface area (Å²) in [6.45, 7) is 9.57. The summed E-state index contributed by atoms with van der Waals surface area (Å²) in [6, 6.07) is 0. The fourth-order valence-corrected chi connectivity index (χ4v) is 1.19. The lowest BCUT2D eigenvalue weighted by molar-refractivity contribution is -0.126. The Morgan fingerprint density at radius 2 is 1.79 bits per heavy atom. The van der Waals surface area contributed by atoms with Crippen molar-refractivity contribution in [3.63, 3.8) is 0 Å². The van der Waals surface area contributed by atoms with Crippen molar-refractivity contribution in [2.24, 2.45) is 5.41 Å². The van der Waals surface area contributed by atoms with Gasteiger partial charge in [0.25, 0.3) is 0 Å². The molecule has 0 rings (SSSR count). The van der Waals surface area contributed by atoms with Gasteiger partial charge >= 0.3 is 0 Å². The van der Waals surface area contributed by atoms with Crippen LogP contribution in [0.25, 0.3) is 0 Å². The summed E-state index contributed by atoms with van der Waals surface area (Å²) in [5.41, 5.74) is -0.167. The van der Waals surface area contributed by atoms with Crippen LogP contribution in [-0.2, 0) is 9.53 Å². The number of carbonyl (C=O) groups is 1. The third-order valence-corrected chi connectivity index (χ3v) is 2.23. The Balaban J connectivity index is 3.33. The molecule has 0 saturated carbocycles. The molecule has 0 atom stereocenters. The normalized spacial score (nSPS) is 11.7. The van der Waals surface area contributed by atoms with E-state index in [1.165, 1.54) is 0 Å². The number of ketones is 1. The van der Waals surface area contributed by atoms with Crippen molar-refractivity contribution < 1.29 is 9.53 Å². The van der Waals surface area contributed by atoms with Crippen LogP contribution in [0.2, 0.25) is 0 Å². The van der Waals surface area contributed by atoms with E-state index in [4.69, 9.17) is 4.74 Å². The first kappa shape index (κ1) is 13.6.